The van der Waals surface area contributed by atoms with E-state index in [1.807, 2.05) is 54.6 Å². The van der Waals surface area contributed by atoms with Crippen molar-refractivity contribution in [2.45, 2.75) is 12.7 Å². The third kappa shape index (κ3) is 3.09. The third-order valence-corrected chi connectivity index (χ3v) is 2.74. The smallest absolute Gasteiger partial charge is 0.136 e. The van der Waals surface area contributed by atoms with Crippen molar-refractivity contribution in [1.82, 2.24) is 0 Å². The van der Waals surface area contributed by atoms with Gasteiger partial charge in [0.05, 0.1) is 6.61 Å². The topological polar surface area (TPSA) is 55.5 Å². The van der Waals surface area contributed by atoms with Crippen LogP contribution in [-0.2, 0) is 6.61 Å². The number of rotatable bonds is 5. The molecule has 2 aromatic carbocycles. The van der Waals surface area contributed by atoms with Crippen molar-refractivity contribution in [3.05, 3.63) is 65.7 Å². The molecule has 3 N–H and O–H groups in total. The first-order chi connectivity index (χ1) is 8.83. The lowest BCUT2D eigenvalue weighted by atomic mass is 10.1. The number of ether oxygens (including phenoxy) is 1. The van der Waals surface area contributed by atoms with Crippen LogP contribution in [0.25, 0.3) is 0 Å². The second kappa shape index (κ2) is 6.19. The molecule has 0 aliphatic rings. The molecule has 2 aromatic rings. The van der Waals surface area contributed by atoms with E-state index in [9.17, 15) is 0 Å². The molecule has 0 saturated carbocycles. The fourth-order valence-corrected chi connectivity index (χ4v) is 1.80. The van der Waals surface area contributed by atoms with Gasteiger partial charge in [-0.1, -0.05) is 42.5 Å². The highest BCUT2D eigenvalue weighted by Crippen LogP contribution is 2.22. The lowest BCUT2D eigenvalue weighted by Crippen LogP contribution is -2.18. The van der Waals surface area contributed by atoms with Gasteiger partial charge in [0.15, 0.2) is 0 Å². The predicted octanol–water partition coefficient (Wildman–Crippen LogP) is 2.26. The molecule has 0 spiro atoms. The van der Waals surface area contributed by atoms with Gasteiger partial charge in [0, 0.05) is 6.54 Å². The highest BCUT2D eigenvalue weighted by atomic mass is 16.5. The largest absolute Gasteiger partial charge is 0.484 e. The Labute approximate surface area is 107 Å². The average Bonchev–Trinajstić information content (AvgIpc) is 2.46. The number of aliphatic hydroxyl groups is 1. The molecule has 3 nitrogen and oxygen atoms in total. The van der Waals surface area contributed by atoms with Gasteiger partial charge in [-0.3, -0.25) is 0 Å². The van der Waals surface area contributed by atoms with E-state index in [0.717, 1.165) is 16.9 Å². The minimum absolute atomic E-state index is 0.00975. The van der Waals surface area contributed by atoms with Gasteiger partial charge in [-0.05, 0) is 23.3 Å². The summed E-state index contributed by atoms with van der Waals surface area (Å²) in [5.74, 6) is 0.723. The first kappa shape index (κ1) is 12.6. The van der Waals surface area contributed by atoms with Crippen LogP contribution in [0.2, 0.25) is 0 Å². The summed E-state index contributed by atoms with van der Waals surface area (Å²) in [7, 11) is 0. The maximum absolute atomic E-state index is 9.09. The molecule has 0 heterocycles. The number of hydrogen-bond acceptors (Lipinski definition) is 3. The standard InChI is InChI=1S/C15H17NO2/c16-10-15(13-6-2-1-3-7-13)18-14-8-4-5-12(9-14)11-17/h1-9,15,17H,10-11,16H2. The average molecular weight is 243 g/mol. The molecule has 0 aliphatic heterocycles. The van der Waals surface area contributed by atoms with Crippen LogP contribution in [0, 0.1) is 0 Å². The minimum Gasteiger partial charge on any atom is -0.484 e. The van der Waals surface area contributed by atoms with Gasteiger partial charge in [-0.2, -0.15) is 0 Å². The van der Waals surface area contributed by atoms with Crippen molar-refractivity contribution in [3.8, 4) is 5.75 Å². The van der Waals surface area contributed by atoms with Gasteiger partial charge >= 0.3 is 0 Å². The summed E-state index contributed by atoms with van der Waals surface area (Å²) in [5, 5.41) is 9.09. The van der Waals surface area contributed by atoms with Gasteiger partial charge in [0.25, 0.3) is 0 Å². The zero-order valence-corrected chi connectivity index (χ0v) is 10.1. The Morgan fingerprint density at radius 1 is 1.06 bits per heavy atom. The monoisotopic (exact) mass is 243 g/mol. The van der Waals surface area contributed by atoms with Crippen LogP contribution in [-0.4, -0.2) is 11.7 Å². The molecule has 0 aromatic heterocycles. The Balaban J connectivity index is 2.15. The van der Waals surface area contributed by atoms with E-state index >= 15 is 0 Å². The zero-order valence-electron chi connectivity index (χ0n) is 10.1. The Hall–Kier alpha value is -1.84. The molecule has 0 bridgehead atoms. The maximum Gasteiger partial charge on any atom is 0.136 e. The summed E-state index contributed by atoms with van der Waals surface area (Å²) in [4.78, 5) is 0. The number of benzene rings is 2. The number of hydrogen-bond donors (Lipinski definition) is 2. The normalized spacial score (nSPS) is 12.1. The molecular formula is C15H17NO2. The van der Waals surface area contributed by atoms with Crippen LogP contribution in [0.3, 0.4) is 0 Å². The zero-order chi connectivity index (χ0) is 12.8. The summed E-state index contributed by atoms with van der Waals surface area (Å²) < 4.78 is 5.86. The van der Waals surface area contributed by atoms with Crippen molar-refractivity contribution < 1.29 is 9.84 Å². The Kier molecular flexibility index (Phi) is 4.34. The molecule has 1 atom stereocenters. The van der Waals surface area contributed by atoms with E-state index < -0.39 is 0 Å². The summed E-state index contributed by atoms with van der Waals surface area (Å²) in [5.41, 5.74) is 7.63. The van der Waals surface area contributed by atoms with Gasteiger partial charge in [-0.25, -0.2) is 0 Å². The number of aliphatic hydroxyl groups excluding tert-OH is 1. The van der Waals surface area contributed by atoms with Gasteiger partial charge in [0.1, 0.15) is 11.9 Å². The van der Waals surface area contributed by atoms with Gasteiger partial charge in [0.2, 0.25) is 0 Å². The van der Waals surface area contributed by atoms with E-state index in [-0.39, 0.29) is 12.7 Å². The summed E-state index contributed by atoms with van der Waals surface area (Å²) in [6.07, 6.45) is -0.167. The Morgan fingerprint density at radius 3 is 2.50 bits per heavy atom. The highest BCUT2D eigenvalue weighted by molar-refractivity contribution is 5.29. The third-order valence-electron chi connectivity index (χ3n) is 2.74. The molecule has 0 fully saturated rings. The molecule has 1 unspecified atom stereocenters. The molecule has 94 valence electrons. The molecule has 0 aliphatic carbocycles. The van der Waals surface area contributed by atoms with E-state index in [1.54, 1.807) is 0 Å². The molecule has 0 amide bonds. The van der Waals surface area contributed by atoms with E-state index in [4.69, 9.17) is 15.6 Å². The van der Waals surface area contributed by atoms with Crippen molar-refractivity contribution in [1.29, 1.82) is 0 Å². The minimum atomic E-state index is -0.167. The molecule has 2 rings (SSSR count). The summed E-state index contributed by atoms with van der Waals surface area (Å²) in [6, 6.07) is 17.3. The molecule has 3 heteroatoms. The van der Waals surface area contributed by atoms with Gasteiger partial charge in [-0.15, -0.1) is 0 Å². The van der Waals surface area contributed by atoms with Crippen LogP contribution in [0.5, 0.6) is 5.75 Å². The van der Waals surface area contributed by atoms with E-state index in [0.29, 0.717) is 6.54 Å². The van der Waals surface area contributed by atoms with Crippen molar-refractivity contribution in [2.24, 2.45) is 5.73 Å². The molecule has 0 radical (unpaired) electrons. The second-order valence-corrected chi connectivity index (χ2v) is 4.06. The maximum atomic E-state index is 9.09. The quantitative estimate of drug-likeness (QED) is 0.847. The first-order valence-corrected chi connectivity index (χ1v) is 5.95. The summed E-state index contributed by atoms with van der Waals surface area (Å²) in [6.45, 7) is 0.420. The van der Waals surface area contributed by atoms with Gasteiger partial charge < -0.3 is 15.6 Å². The van der Waals surface area contributed by atoms with Crippen LogP contribution in [0.1, 0.15) is 17.2 Å². The van der Waals surface area contributed by atoms with Crippen LogP contribution < -0.4 is 10.5 Å². The Morgan fingerprint density at radius 2 is 1.83 bits per heavy atom. The van der Waals surface area contributed by atoms with Crippen molar-refractivity contribution in [3.63, 3.8) is 0 Å². The van der Waals surface area contributed by atoms with Crippen LogP contribution in [0.4, 0.5) is 0 Å². The van der Waals surface area contributed by atoms with Crippen molar-refractivity contribution in [2.75, 3.05) is 6.54 Å². The molecule has 18 heavy (non-hydrogen) atoms. The first-order valence-electron chi connectivity index (χ1n) is 5.95. The van der Waals surface area contributed by atoms with E-state index in [2.05, 4.69) is 0 Å². The van der Waals surface area contributed by atoms with Crippen molar-refractivity contribution >= 4 is 0 Å². The second-order valence-electron chi connectivity index (χ2n) is 4.06. The number of nitrogens with two attached hydrogens (primary N) is 1. The molecular weight excluding hydrogens is 226 g/mol. The molecule has 0 saturated heterocycles. The fraction of sp³-hybridized carbons (Fsp3) is 0.200. The van der Waals surface area contributed by atoms with Crippen LogP contribution in [0.15, 0.2) is 54.6 Å². The highest BCUT2D eigenvalue weighted by Gasteiger charge is 2.10. The van der Waals surface area contributed by atoms with Crippen LogP contribution >= 0.6 is 0 Å². The lowest BCUT2D eigenvalue weighted by Gasteiger charge is -2.18. The SMILES string of the molecule is NCC(Oc1cccc(CO)c1)c1ccccc1. The summed E-state index contributed by atoms with van der Waals surface area (Å²) >= 11 is 0. The fourth-order valence-electron chi connectivity index (χ4n) is 1.80. The lowest BCUT2D eigenvalue weighted by molar-refractivity contribution is 0.213. The van der Waals surface area contributed by atoms with E-state index in [1.165, 1.54) is 0 Å². The predicted molar refractivity (Wildman–Crippen MR) is 71.2 cm³/mol. The Bertz CT molecular complexity index is 485.